The predicted octanol–water partition coefficient (Wildman–Crippen LogP) is 4.96. The molecule has 3 aromatic carbocycles. The largest absolute Gasteiger partial charge is 0.322 e. The number of hydrazone groups is 1. The van der Waals surface area contributed by atoms with Crippen molar-refractivity contribution in [2.75, 3.05) is 11.6 Å². The first-order valence-electron chi connectivity index (χ1n) is 9.10. The van der Waals surface area contributed by atoms with Crippen LogP contribution < -0.4 is 10.7 Å². The van der Waals surface area contributed by atoms with Gasteiger partial charge in [0.15, 0.2) is 0 Å². The Kier molecular flexibility index (Phi) is 5.17. The lowest BCUT2D eigenvalue weighted by Crippen LogP contribution is -2.24. The molecule has 0 saturated carbocycles. The van der Waals surface area contributed by atoms with Crippen molar-refractivity contribution in [2.45, 2.75) is 12.3 Å². The molecule has 0 spiro atoms. The Bertz CT molecular complexity index is 1050. The van der Waals surface area contributed by atoms with E-state index >= 15 is 0 Å². The number of benzene rings is 3. The minimum absolute atomic E-state index is 0.118. The van der Waals surface area contributed by atoms with Crippen molar-refractivity contribution in [1.29, 1.82) is 0 Å². The van der Waals surface area contributed by atoms with Crippen molar-refractivity contribution >= 4 is 29.1 Å². The first-order chi connectivity index (χ1) is 13.7. The molecule has 1 heterocycles. The second-order valence-electron chi connectivity index (χ2n) is 6.64. The first kappa shape index (κ1) is 18.3. The molecule has 1 aliphatic heterocycles. The van der Waals surface area contributed by atoms with Crippen LogP contribution in [0.25, 0.3) is 0 Å². The summed E-state index contributed by atoms with van der Waals surface area (Å²) in [5.74, 6) is -0.118. The number of aryl methyl sites for hydroxylation is 1. The molecule has 0 saturated heterocycles. The molecule has 1 aliphatic rings. The first-order valence-corrected chi connectivity index (χ1v) is 10.4. The SMILES string of the molecule is CSC1NN=C(c2ccc(C)c(NC(=O)c3ccccc3)c2)c2ccccc21. The van der Waals surface area contributed by atoms with E-state index < -0.39 is 0 Å². The summed E-state index contributed by atoms with van der Waals surface area (Å²) in [4.78, 5) is 12.6. The van der Waals surface area contributed by atoms with Crippen LogP contribution in [0, 0.1) is 6.92 Å². The third-order valence-electron chi connectivity index (χ3n) is 4.82. The summed E-state index contributed by atoms with van der Waals surface area (Å²) in [5, 5.41) is 7.81. The van der Waals surface area contributed by atoms with Crippen LogP contribution in [-0.4, -0.2) is 17.9 Å². The Hall–Kier alpha value is -3.05. The maximum Gasteiger partial charge on any atom is 0.255 e. The third kappa shape index (κ3) is 3.53. The molecule has 4 rings (SSSR count). The molecular formula is C23H21N3OS. The normalized spacial score (nSPS) is 15.2. The van der Waals surface area contributed by atoms with Gasteiger partial charge in [-0.1, -0.05) is 54.6 Å². The lowest BCUT2D eigenvalue weighted by Gasteiger charge is -2.25. The summed E-state index contributed by atoms with van der Waals surface area (Å²) in [6.07, 6.45) is 2.07. The molecule has 3 aromatic rings. The van der Waals surface area contributed by atoms with Crippen molar-refractivity contribution in [3.8, 4) is 0 Å². The zero-order valence-electron chi connectivity index (χ0n) is 15.8. The fourth-order valence-corrected chi connectivity index (χ4v) is 3.90. The van der Waals surface area contributed by atoms with E-state index in [1.165, 1.54) is 5.56 Å². The number of thioether (sulfide) groups is 1. The van der Waals surface area contributed by atoms with Gasteiger partial charge in [-0.15, -0.1) is 11.8 Å². The van der Waals surface area contributed by atoms with E-state index in [9.17, 15) is 4.79 Å². The maximum atomic E-state index is 12.6. The second-order valence-corrected chi connectivity index (χ2v) is 7.59. The molecule has 0 aliphatic carbocycles. The summed E-state index contributed by atoms with van der Waals surface area (Å²) in [5.41, 5.74) is 9.86. The van der Waals surface area contributed by atoms with Crippen molar-refractivity contribution in [3.63, 3.8) is 0 Å². The van der Waals surface area contributed by atoms with Gasteiger partial charge >= 0.3 is 0 Å². The van der Waals surface area contributed by atoms with Crippen molar-refractivity contribution < 1.29 is 4.79 Å². The number of carbonyl (C=O) groups excluding carboxylic acids is 1. The van der Waals surface area contributed by atoms with Gasteiger partial charge in [0.1, 0.15) is 5.37 Å². The lowest BCUT2D eigenvalue weighted by molar-refractivity contribution is 0.102. The van der Waals surface area contributed by atoms with E-state index in [1.807, 2.05) is 67.6 Å². The number of hydrogen-bond acceptors (Lipinski definition) is 4. The summed E-state index contributed by atoms with van der Waals surface area (Å²) in [7, 11) is 0. The zero-order chi connectivity index (χ0) is 19.5. The maximum absolute atomic E-state index is 12.6. The standard InChI is InChI=1S/C23H21N3OS/c1-15-12-13-17(14-20(15)24-22(27)16-8-4-3-5-9-16)21-18-10-6-7-11-19(18)23(28-2)26-25-21/h3-14,23,26H,1-2H3,(H,24,27). The van der Waals surface area contributed by atoms with E-state index in [0.29, 0.717) is 5.56 Å². The highest BCUT2D eigenvalue weighted by Crippen LogP contribution is 2.32. The molecule has 4 nitrogen and oxygen atoms in total. The van der Waals surface area contributed by atoms with Crippen LogP contribution in [0.15, 0.2) is 77.9 Å². The highest BCUT2D eigenvalue weighted by atomic mass is 32.2. The Morgan fingerprint density at radius 2 is 1.79 bits per heavy atom. The van der Waals surface area contributed by atoms with Crippen LogP contribution in [0.5, 0.6) is 0 Å². The number of hydrogen-bond donors (Lipinski definition) is 2. The van der Waals surface area contributed by atoms with Crippen molar-refractivity contribution in [3.05, 3.63) is 101 Å². The van der Waals surface area contributed by atoms with Crippen LogP contribution in [0.4, 0.5) is 5.69 Å². The monoisotopic (exact) mass is 387 g/mol. The average Bonchev–Trinajstić information content (AvgIpc) is 2.75. The fraction of sp³-hybridized carbons (Fsp3) is 0.130. The van der Waals surface area contributed by atoms with Gasteiger partial charge in [0.2, 0.25) is 0 Å². The number of nitrogens with one attached hydrogen (secondary N) is 2. The number of rotatable bonds is 4. The van der Waals surface area contributed by atoms with E-state index in [-0.39, 0.29) is 11.3 Å². The molecule has 0 fully saturated rings. The van der Waals surface area contributed by atoms with Gasteiger partial charge in [0.25, 0.3) is 5.91 Å². The van der Waals surface area contributed by atoms with Crippen LogP contribution in [-0.2, 0) is 0 Å². The van der Waals surface area contributed by atoms with Gasteiger partial charge in [0, 0.05) is 22.4 Å². The van der Waals surface area contributed by atoms with E-state index in [0.717, 1.165) is 28.1 Å². The average molecular weight is 388 g/mol. The molecule has 1 amide bonds. The van der Waals surface area contributed by atoms with Crippen LogP contribution >= 0.6 is 11.8 Å². The number of anilines is 1. The molecule has 1 atom stereocenters. The molecular weight excluding hydrogens is 366 g/mol. The van der Waals surface area contributed by atoms with Gasteiger partial charge in [-0.05, 0) is 42.5 Å². The summed E-state index contributed by atoms with van der Waals surface area (Å²) < 4.78 is 0. The Labute approximate surface area is 169 Å². The van der Waals surface area contributed by atoms with E-state index in [4.69, 9.17) is 0 Å². The number of nitrogens with zero attached hydrogens (tertiary/aromatic N) is 1. The van der Waals surface area contributed by atoms with E-state index in [1.54, 1.807) is 11.8 Å². The molecule has 5 heteroatoms. The number of amides is 1. The topological polar surface area (TPSA) is 53.5 Å². The molecule has 0 radical (unpaired) electrons. The molecule has 2 N–H and O–H groups in total. The minimum Gasteiger partial charge on any atom is -0.322 e. The summed E-state index contributed by atoms with van der Waals surface area (Å²) in [6.45, 7) is 1.99. The van der Waals surface area contributed by atoms with Crippen molar-refractivity contribution in [1.82, 2.24) is 5.43 Å². The molecule has 1 unspecified atom stereocenters. The molecule has 0 aromatic heterocycles. The smallest absolute Gasteiger partial charge is 0.255 e. The highest BCUT2D eigenvalue weighted by molar-refractivity contribution is 7.98. The summed E-state index contributed by atoms with van der Waals surface area (Å²) in [6, 6.07) is 23.6. The van der Waals surface area contributed by atoms with Crippen LogP contribution in [0.3, 0.4) is 0 Å². The fourth-order valence-electron chi connectivity index (χ4n) is 3.28. The quantitative estimate of drug-likeness (QED) is 0.665. The Balaban J connectivity index is 1.68. The van der Waals surface area contributed by atoms with Gasteiger partial charge < -0.3 is 5.32 Å². The Morgan fingerprint density at radius 3 is 2.57 bits per heavy atom. The molecule has 28 heavy (non-hydrogen) atoms. The zero-order valence-corrected chi connectivity index (χ0v) is 16.6. The number of fused-ring (bicyclic) bond motifs is 1. The van der Waals surface area contributed by atoms with Gasteiger partial charge in [-0.2, -0.15) is 5.10 Å². The van der Waals surface area contributed by atoms with Crippen LogP contribution in [0.2, 0.25) is 0 Å². The Morgan fingerprint density at radius 1 is 1.04 bits per heavy atom. The highest BCUT2D eigenvalue weighted by Gasteiger charge is 2.23. The lowest BCUT2D eigenvalue weighted by atomic mass is 9.95. The summed E-state index contributed by atoms with van der Waals surface area (Å²) >= 11 is 1.72. The van der Waals surface area contributed by atoms with Gasteiger partial charge in [-0.3, -0.25) is 10.2 Å². The predicted molar refractivity (Wildman–Crippen MR) is 117 cm³/mol. The van der Waals surface area contributed by atoms with E-state index in [2.05, 4.69) is 34.2 Å². The minimum atomic E-state index is -0.118. The second kappa shape index (κ2) is 7.90. The van der Waals surface area contributed by atoms with Gasteiger partial charge in [-0.25, -0.2) is 0 Å². The van der Waals surface area contributed by atoms with Crippen molar-refractivity contribution in [2.24, 2.45) is 5.10 Å². The number of carbonyl (C=O) groups is 1. The third-order valence-corrected chi connectivity index (χ3v) is 5.65. The van der Waals surface area contributed by atoms with Gasteiger partial charge in [0.05, 0.1) is 5.71 Å². The molecule has 140 valence electrons. The molecule has 0 bridgehead atoms. The van der Waals surface area contributed by atoms with Crippen LogP contribution in [0.1, 0.15) is 38.0 Å².